The van der Waals surface area contributed by atoms with Gasteiger partial charge in [0.15, 0.2) is 0 Å². The quantitative estimate of drug-likeness (QED) is 0.846. The number of nitrogens with one attached hydrogen (secondary N) is 1. The van der Waals surface area contributed by atoms with Gasteiger partial charge in [0.05, 0.1) is 6.61 Å². The number of hydrogen-bond donors (Lipinski definition) is 1. The number of hydrogen-bond acceptors (Lipinski definition) is 3. The normalized spacial score (nSPS) is 15.5. The van der Waals surface area contributed by atoms with Crippen LogP contribution in [0, 0.1) is 0 Å². The van der Waals surface area contributed by atoms with Crippen molar-refractivity contribution in [3.8, 4) is 5.75 Å². The van der Waals surface area contributed by atoms with Crippen molar-refractivity contribution < 1.29 is 14.3 Å². The van der Waals surface area contributed by atoms with Crippen LogP contribution in [0.3, 0.4) is 0 Å². The van der Waals surface area contributed by atoms with Gasteiger partial charge in [-0.25, -0.2) is 0 Å². The Bertz CT molecular complexity index is 506. The molecule has 0 saturated heterocycles. The third-order valence-corrected chi connectivity index (χ3v) is 2.90. The molecule has 0 spiro atoms. The molecule has 0 unspecified atom stereocenters. The number of rotatable bonds is 4. The molecule has 4 nitrogen and oxygen atoms in total. The van der Waals surface area contributed by atoms with Crippen LogP contribution in [0.5, 0.6) is 5.75 Å². The van der Waals surface area contributed by atoms with Gasteiger partial charge in [0.2, 0.25) is 0 Å². The Balaban J connectivity index is 2.12. The molecule has 1 amide bonds. The van der Waals surface area contributed by atoms with E-state index in [4.69, 9.17) is 9.47 Å². The molecule has 0 atom stereocenters. The molecule has 0 radical (unpaired) electrons. The minimum absolute atomic E-state index is 0.0990. The summed E-state index contributed by atoms with van der Waals surface area (Å²) in [6.45, 7) is 5.01. The van der Waals surface area contributed by atoms with Crippen LogP contribution in [0.25, 0.3) is 6.08 Å². The number of methoxy groups -OCH3 is 1. The summed E-state index contributed by atoms with van der Waals surface area (Å²) in [5, 5.41) is 2.79. The second kappa shape index (κ2) is 5.45. The molecular weight excluding hydrogens is 242 g/mol. The molecule has 1 aromatic rings. The third-order valence-electron chi connectivity index (χ3n) is 2.90. The van der Waals surface area contributed by atoms with Gasteiger partial charge >= 0.3 is 0 Å². The summed E-state index contributed by atoms with van der Waals surface area (Å²) in [4.78, 5) is 11.9. The Labute approximate surface area is 113 Å². The van der Waals surface area contributed by atoms with Gasteiger partial charge in [-0.3, -0.25) is 4.79 Å². The van der Waals surface area contributed by atoms with Crippen LogP contribution >= 0.6 is 0 Å². The number of fused-ring (bicyclic) bond motifs is 1. The zero-order valence-electron chi connectivity index (χ0n) is 11.5. The van der Waals surface area contributed by atoms with Gasteiger partial charge in [-0.2, -0.15) is 0 Å². The number of carbonyl (C=O) groups is 1. The van der Waals surface area contributed by atoms with Crippen LogP contribution in [-0.2, 0) is 4.74 Å². The molecule has 1 N–H and O–H groups in total. The van der Waals surface area contributed by atoms with E-state index in [0.29, 0.717) is 18.7 Å². The molecule has 1 aliphatic heterocycles. The highest BCUT2D eigenvalue weighted by Gasteiger charge is 2.22. The summed E-state index contributed by atoms with van der Waals surface area (Å²) in [6.07, 6.45) is 3.98. The molecule has 1 aliphatic rings. The van der Waals surface area contributed by atoms with Crippen LogP contribution in [0.15, 0.2) is 24.3 Å². The molecule has 1 heterocycles. The largest absolute Gasteiger partial charge is 0.483 e. The summed E-state index contributed by atoms with van der Waals surface area (Å²) in [5.41, 5.74) is 1.26. The van der Waals surface area contributed by atoms with E-state index in [1.54, 1.807) is 13.2 Å². The average Bonchev–Trinajstić information content (AvgIpc) is 2.37. The van der Waals surface area contributed by atoms with Gasteiger partial charge in [0, 0.05) is 24.8 Å². The van der Waals surface area contributed by atoms with E-state index in [2.05, 4.69) is 5.32 Å². The van der Waals surface area contributed by atoms with Crippen molar-refractivity contribution >= 4 is 12.0 Å². The minimum atomic E-state index is -0.296. The Kier molecular flexibility index (Phi) is 3.90. The predicted molar refractivity (Wildman–Crippen MR) is 74.4 cm³/mol. The predicted octanol–water partition coefficient (Wildman–Crippen LogP) is 2.25. The van der Waals surface area contributed by atoms with E-state index in [-0.39, 0.29) is 11.5 Å². The molecule has 0 saturated carbocycles. The van der Waals surface area contributed by atoms with E-state index in [0.717, 1.165) is 11.3 Å². The molecule has 0 fully saturated rings. The van der Waals surface area contributed by atoms with Gasteiger partial charge in [-0.1, -0.05) is 6.08 Å². The molecule has 0 bridgehead atoms. The fraction of sp³-hybridized carbons (Fsp3) is 0.400. The fourth-order valence-corrected chi connectivity index (χ4v) is 1.89. The fourth-order valence-electron chi connectivity index (χ4n) is 1.89. The Morgan fingerprint density at radius 2 is 2.21 bits per heavy atom. The molecule has 2 rings (SSSR count). The number of carbonyl (C=O) groups excluding carboxylic acids is 1. The monoisotopic (exact) mass is 261 g/mol. The standard InChI is InChI=1S/C15H19NO3/c1-15(2)7-6-11-10-12(4-5-13(11)19-15)14(17)16-8-9-18-3/h4-7,10H,8-9H2,1-3H3,(H,16,17). The van der Waals surface area contributed by atoms with Crippen LogP contribution in [0.4, 0.5) is 0 Å². The second-order valence-corrected chi connectivity index (χ2v) is 5.04. The maximum absolute atomic E-state index is 11.9. The first-order valence-corrected chi connectivity index (χ1v) is 6.31. The van der Waals surface area contributed by atoms with Crippen molar-refractivity contribution in [3.05, 3.63) is 35.4 Å². The molecule has 19 heavy (non-hydrogen) atoms. The molecule has 4 heteroatoms. The number of benzene rings is 1. The van der Waals surface area contributed by atoms with Gasteiger partial charge in [0.1, 0.15) is 11.4 Å². The number of ether oxygens (including phenoxy) is 2. The lowest BCUT2D eigenvalue weighted by Gasteiger charge is -2.27. The van der Waals surface area contributed by atoms with Gasteiger partial charge < -0.3 is 14.8 Å². The third kappa shape index (κ3) is 3.35. The molecule has 0 aromatic heterocycles. The summed E-state index contributed by atoms with van der Waals surface area (Å²) in [7, 11) is 1.61. The first kappa shape index (κ1) is 13.6. The average molecular weight is 261 g/mol. The Morgan fingerprint density at radius 1 is 1.42 bits per heavy atom. The maximum atomic E-state index is 11.9. The van der Waals surface area contributed by atoms with Crippen LogP contribution in [0.2, 0.25) is 0 Å². The molecule has 0 aliphatic carbocycles. The highest BCUT2D eigenvalue weighted by atomic mass is 16.5. The molecule has 1 aromatic carbocycles. The van der Waals surface area contributed by atoms with E-state index in [1.807, 2.05) is 38.1 Å². The van der Waals surface area contributed by atoms with Crippen molar-refractivity contribution in [2.45, 2.75) is 19.4 Å². The Morgan fingerprint density at radius 3 is 2.95 bits per heavy atom. The smallest absolute Gasteiger partial charge is 0.251 e. The van der Waals surface area contributed by atoms with E-state index in [9.17, 15) is 4.79 Å². The van der Waals surface area contributed by atoms with Crippen LogP contribution in [-0.4, -0.2) is 31.8 Å². The lowest BCUT2D eigenvalue weighted by molar-refractivity contribution is 0.0937. The Hall–Kier alpha value is -1.81. The second-order valence-electron chi connectivity index (χ2n) is 5.04. The minimum Gasteiger partial charge on any atom is -0.483 e. The zero-order chi connectivity index (χ0) is 13.9. The molecular formula is C15H19NO3. The lowest BCUT2D eigenvalue weighted by Crippen LogP contribution is -2.28. The van der Waals surface area contributed by atoms with Crippen molar-refractivity contribution in [2.75, 3.05) is 20.3 Å². The van der Waals surface area contributed by atoms with E-state index in [1.165, 1.54) is 0 Å². The lowest BCUT2D eigenvalue weighted by atomic mass is 10.0. The van der Waals surface area contributed by atoms with Crippen molar-refractivity contribution in [3.63, 3.8) is 0 Å². The van der Waals surface area contributed by atoms with Crippen LogP contribution < -0.4 is 10.1 Å². The maximum Gasteiger partial charge on any atom is 0.251 e. The summed E-state index contributed by atoms with van der Waals surface area (Å²) in [6, 6.07) is 5.45. The highest BCUT2D eigenvalue weighted by molar-refractivity contribution is 5.95. The summed E-state index contributed by atoms with van der Waals surface area (Å²) >= 11 is 0. The van der Waals surface area contributed by atoms with Gasteiger partial charge in [0.25, 0.3) is 5.91 Å². The van der Waals surface area contributed by atoms with Crippen molar-refractivity contribution in [2.24, 2.45) is 0 Å². The summed E-state index contributed by atoms with van der Waals surface area (Å²) < 4.78 is 10.7. The first-order valence-electron chi connectivity index (χ1n) is 6.31. The topological polar surface area (TPSA) is 47.6 Å². The van der Waals surface area contributed by atoms with Gasteiger partial charge in [-0.15, -0.1) is 0 Å². The van der Waals surface area contributed by atoms with Crippen molar-refractivity contribution in [1.29, 1.82) is 0 Å². The summed E-state index contributed by atoms with van der Waals surface area (Å²) in [5.74, 6) is 0.707. The molecule has 102 valence electrons. The number of amides is 1. The van der Waals surface area contributed by atoms with Crippen LogP contribution in [0.1, 0.15) is 29.8 Å². The van der Waals surface area contributed by atoms with E-state index >= 15 is 0 Å². The first-order chi connectivity index (χ1) is 9.02. The van der Waals surface area contributed by atoms with E-state index < -0.39 is 0 Å². The zero-order valence-corrected chi connectivity index (χ0v) is 11.5. The van der Waals surface area contributed by atoms with Gasteiger partial charge in [-0.05, 0) is 38.1 Å². The SMILES string of the molecule is COCCNC(=O)c1ccc2c(c1)C=CC(C)(C)O2. The van der Waals surface area contributed by atoms with Crippen molar-refractivity contribution in [1.82, 2.24) is 5.32 Å². The highest BCUT2D eigenvalue weighted by Crippen LogP contribution is 2.31.